The number of benzene rings is 2. The summed E-state index contributed by atoms with van der Waals surface area (Å²) in [5.74, 6) is 0.689. The van der Waals surface area contributed by atoms with E-state index in [0.29, 0.717) is 24.7 Å². The summed E-state index contributed by atoms with van der Waals surface area (Å²) < 4.78 is 41.6. The first-order valence-corrected chi connectivity index (χ1v) is 10.3. The lowest BCUT2D eigenvalue weighted by molar-refractivity contribution is 0.0472. The van der Waals surface area contributed by atoms with Crippen molar-refractivity contribution in [3.63, 3.8) is 0 Å². The van der Waals surface area contributed by atoms with E-state index < -0.39 is 16.0 Å². The summed E-state index contributed by atoms with van der Waals surface area (Å²) in [4.78, 5) is 12.4. The van der Waals surface area contributed by atoms with Gasteiger partial charge in [-0.15, -0.1) is 0 Å². The van der Waals surface area contributed by atoms with Crippen molar-refractivity contribution in [2.45, 2.75) is 25.3 Å². The third kappa shape index (κ3) is 5.24. The van der Waals surface area contributed by atoms with Gasteiger partial charge in [0.1, 0.15) is 6.61 Å². The van der Waals surface area contributed by atoms with E-state index in [9.17, 15) is 13.2 Å². The molecule has 152 valence electrons. The first-order chi connectivity index (χ1) is 13.3. The van der Waals surface area contributed by atoms with Crippen LogP contribution in [0.1, 0.15) is 29.8 Å². The highest BCUT2D eigenvalue weighted by Gasteiger charge is 2.18. The molecule has 0 atom stereocenters. The molecular weight excluding hydrogens is 382 g/mol. The fourth-order valence-electron chi connectivity index (χ4n) is 2.39. The Labute approximate surface area is 165 Å². The van der Waals surface area contributed by atoms with Gasteiger partial charge in [-0.3, -0.25) is 0 Å². The molecule has 0 N–H and O–H groups in total. The summed E-state index contributed by atoms with van der Waals surface area (Å²) in [6.45, 7) is 4.84. The Morgan fingerprint density at radius 3 is 2.11 bits per heavy atom. The molecule has 0 amide bonds. The van der Waals surface area contributed by atoms with E-state index in [0.717, 1.165) is 9.87 Å². The highest BCUT2D eigenvalue weighted by atomic mass is 32.2. The summed E-state index contributed by atoms with van der Waals surface area (Å²) in [6, 6.07) is 11.0. The molecule has 0 unspecified atom stereocenters. The maximum atomic E-state index is 12.3. The van der Waals surface area contributed by atoms with Crippen LogP contribution in [0.15, 0.2) is 47.4 Å². The normalized spacial score (nSPS) is 11.3. The highest BCUT2D eigenvalue weighted by Crippen LogP contribution is 2.29. The van der Waals surface area contributed by atoms with Crippen LogP contribution >= 0.6 is 0 Å². The van der Waals surface area contributed by atoms with E-state index >= 15 is 0 Å². The monoisotopic (exact) mass is 407 g/mol. The number of esters is 1. The molecule has 2 aromatic rings. The molecule has 0 radical (unpaired) electrons. The van der Waals surface area contributed by atoms with Gasteiger partial charge < -0.3 is 14.2 Å². The van der Waals surface area contributed by atoms with Crippen LogP contribution in [-0.4, -0.2) is 46.0 Å². The van der Waals surface area contributed by atoms with E-state index in [-0.39, 0.29) is 17.1 Å². The molecule has 0 fully saturated rings. The van der Waals surface area contributed by atoms with Gasteiger partial charge in [-0.1, -0.05) is 6.07 Å². The molecule has 0 spiro atoms. The Bertz CT molecular complexity index is 907. The standard InChI is InChI=1S/C20H25NO6S/c1-5-25-18-12-7-15(13-19(18)26-6-2)14-27-20(22)16-8-10-17(11-9-16)28(23,24)21(3)4/h7-13H,5-6,14H2,1-4H3. The number of rotatable bonds is 9. The van der Waals surface area contributed by atoms with Gasteiger partial charge in [-0.25, -0.2) is 17.5 Å². The summed E-state index contributed by atoms with van der Waals surface area (Å²) >= 11 is 0. The number of sulfonamides is 1. The van der Waals surface area contributed by atoms with E-state index in [1.165, 1.54) is 38.4 Å². The Kier molecular flexibility index (Phi) is 7.42. The summed E-state index contributed by atoms with van der Waals surface area (Å²) in [5.41, 5.74) is 1.03. The molecule has 0 bridgehead atoms. The molecule has 0 aliphatic rings. The van der Waals surface area contributed by atoms with E-state index in [1.807, 2.05) is 13.8 Å². The second-order valence-corrected chi connectivity index (χ2v) is 8.19. The number of nitrogens with zero attached hydrogens (tertiary/aromatic N) is 1. The van der Waals surface area contributed by atoms with Crippen molar-refractivity contribution in [1.29, 1.82) is 0 Å². The zero-order valence-electron chi connectivity index (χ0n) is 16.5. The second kappa shape index (κ2) is 9.57. The predicted octanol–water partition coefficient (Wildman–Crippen LogP) is 3.09. The van der Waals surface area contributed by atoms with Crippen molar-refractivity contribution in [3.05, 3.63) is 53.6 Å². The summed E-state index contributed by atoms with van der Waals surface area (Å²) in [6.07, 6.45) is 0. The molecule has 8 heteroatoms. The fraction of sp³-hybridized carbons (Fsp3) is 0.350. The zero-order chi connectivity index (χ0) is 20.7. The third-order valence-electron chi connectivity index (χ3n) is 3.85. The van der Waals surface area contributed by atoms with Gasteiger partial charge in [0.15, 0.2) is 11.5 Å². The summed E-state index contributed by atoms with van der Waals surface area (Å²) in [7, 11) is -0.640. The molecule has 0 saturated carbocycles. The van der Waals surface area contributed by atoms with Crippen molar-refractivity contribution < 1.29 is 27.4 Å². The number of carbonyl (C=O) groups is 1. The Morgan fingerprint density at radius 1 is 0.929 bits per heavy atom. The van der Waals surface area contributed by atoms with Gasteiger partial charge in [0.2, 0.25) is 10.0 Å². The molecular formula is C20H25NO6S. The molecule has 2 aromatic carbocycles. The molecule has 0 aliphatic heterocycles. The molecule has 28 heavy (non-hydrogen) atoms. The topological polar surface area (TPSA) is 82.1 Å². The zero-order valence-corrected chi connectivity index (χ0v) is 17.3. The van der Waals surface area contributed by atoms with Crippen molar-refractivity contribution in [3.8, 4) is 11.5 Å². The lowest BCUT2D eigenvalue weighted by atomic mass is 10.2. The van der Waals surface area contributed by atoms with Gasteiger partial charge >= 0.3 is 5.97 Å². The number of ether oxygens (including phenoxy) is 3. The Balaban J connectivity index is 2.07. The average molecular weight is 407 g/mol. The molecule has 2 rings (SSSR count). The van der Waals surface area contributed by atoms with Crippen LogP contribution in [0.5, 0.6) is 11.5 Å². The average Bonchev–Trinajstić information content (AvgIpc) is 2.68. The highest BCUT2D eigenvalue weighted by molar-refractivity contribution is 7.89. The van der Waals surface area contributed by atoms with E-state index in [4.69, 9.17) is 14.2 Å². The lowest BCUT2D eigenvalue weighted by Gasteiger charge is -2.13. The van der Waals surface area contributed by atoms with Crippen LogP contribution in [0.3, 0.4) is 0 Å². The number of hydrogen-bond acceptors (Lipinski definition) is 6. The van der Waals surface area contributed by atoms with Crippen LogP contribution in [0, 0.1) is 0 Å². The predicted molar refractivity (Wildman–Crippen MR) is 105 cm³/mol. The lowest BCUT2D eigenvalue weighted by Crippen LogP contribution is -2.22. The van der Waals surface area contributed by atoms with Gasteiger partial charge in [0.05, 0.1) is 23.7 Å². The molecule has 7 nitrogen and oxygen atoms in total. The minimum atomic E-state index is -3.54. The Morgan fingerprint density at radius 2 is 1.54 bits per heavy atom. The Hall–Kier alpha value is -2.58. The molecule has 0 aromatic heterocycles. The van der Waals surface area contributed by atoms with Crippen LogP contribution in [0.2, 0.25) is 0 Å². The van der Waals surface area contributed by atoms with Crippen molar-refractivity contribution >= 4 is 16.0 Å². The van der Waals surface area contributed by atoms with E-state index in [2.05, 4.69) is 0 Å². The minimum Gasteiger partial charge on any atom is -0.490 e. The van der Waals surface area contributed by atoms with Crippen LogP contribution in [0.4, 0.5) is 0 Å². The summed E-state index contributed by atoms with van der Waals surface area (Å²) in [5, 5.41) is 0. The maximum Gasteiger partial charge on any atom is 0.338 e. The SMILES string of the molecule is CCOc1ccc(COC(=O)c2ccc(S(=O)(=O)N(C)C)cc2)cc1OCC. The number of carbonyl (C=O) groups excluding carboxylic acids is 1. The molecule has 0 heterocycles. The quantitative estimate of drug-likeness (QED) is 0.594. The second-order valence-electron chi connectivity index (χ2n) is 6.04. The first kappa shape index (κ1) is 21.7. The fourth-order valence-corrected chi connectivity index (χ4v) is 3.29. The van der Waals surface area contributed by atoms with Crippen molar-refractivity contribution in [2.75, 3.05) is 27.3 Å². The smallest absolute Gasteiger partial charge is 0.338 e. The largest absolute Gasteiger partial charge is 0.490 e. The van der Waals surface area contributed by atoms with Crippen LogP contribution in [-0.2, 0) is 21.4 Å². The molecule has 0 aliphatic carbocycles. The van der Waals surface area contributed by atoms with Gasteiger partial charge in [0.25, 0.3) is 0 Å². The van der Waals surface area contributed by atoms with Gasteiger partial charge in [-0.2, -0.15) is 0 Å². The van der Waals surface area contributed by atoms with Crippen LogP contribution < -0.4 is 9.47 Å². The van der Waals surface area contributed by atoms with Gasteiger partial charge in [-0.05, 0) is 55.8 Å². The van der Waals surface area contributed by atoms with Gasteiger partial charge in [0, 0.05) is 14.1 Å². The van der Waals surface area contributed by atoms with Crippen molar-refractivity contribution in [1.82, 2.24) is 4.31 Å². The maximum absolute atomic E-state index is 12.3. The number of hydrogen-bond donors (Lipinski definition) is 0. The van der Waals surface area contributed by atoms with Crippen molar-refractivity contribution in [2.24, 2.45) is 0 Å². The minimum absolute atomic E-state index is 0.0586. The van der Waals surface area contributed by atoms with Crippen LogP contribution in [0.25, 0.3) is 0 Å². The van der Waals surface area contributed by atoms with E-state index in [1.54, 1.807) is 18.2 Å². The first-order valence-electron chi connectivity index (χ1n) is 8.87. The molecule has 0 saturated heterocycles. The third-order valence-corrected chi connectivity index (χ3v) is 5.68.